The molecule has 1 fully saturated rings. The van der Waals surface area contributed by atoms with Crippen LogP contribution >= 0.6 is 0 Å². The van der Waals surface area contributed by atoms with Crippen molar-refractivity contribution in [2.24, 2.45) is 0 Å². The highest BCUT2D eigenvalue weighted by molar-refractivity contribution is 5.54. The second-order valence-electron chi connectivity index (χ2n) is 2.72. The first-order valence-electron chi connectivity index (χ1n) is 3.79. The third kappa shape index (κ3) is 1.43. The van der Waals surface area contributed by atoms with Crippen molar-refractivity contribution in [1.29, 1.82) is 0 Å². The molecule has 0 radical (unpaired) electrons. The minimum Gasteiger partial charge on any atom is -0.483 e. The average molecular weight is 146 g/mol. The Labute approximate surface area is 66.3 Å². The predicted octanol–water partition coefficient (Wildman–Crippen LogP) is 2.45. The Morgan fingerprint density at radius 2 is 1.91 bits per heavy atom. The van der Waals surface area contributed by atoms with Crippen molar-refractivity contribution in [2.45, 2.75) is 13.0 Å². The first kappa shape index (κ1) is 6.47. The molecular weight excluding hydrogens is 136 g/mol. The monoisotopic (exact) mass is 146 g/mol. The molecular formula is C10H10O. The molecule has 56 valence electrons. The van der Waals surface area contributed by atoms with Crippen LogP contribution in [0.1, 0.15) is 12.5 Å². The maximum atomic E-state index is 5.18. The van der Waals surface area contributed by atoms with Gasteiger partial charge in [0.15, 0.2) is 6.10 Å². The highest BCUT2D eigenvalue weighted by Gasteiger charge is 2.25. The summed E-state index contributed by atoms with van der Waals surface area (Å²) in [6.45, 7) is 2.05. The Morgan fingerprint density at radius 1 is 1.27 bits per heavy atom. The van der Waals surface area contributed by atoms with Crippen LogP contribution in [0, 0.1) is 0 Å². The minimum absolute atomic E-state index is 0.343. The van der Waals surface area contributed by atoms with Crippen molar-refractivity contribution in [3.63, 3.8) is 0 Å². The molecule has 1 aromatic carbocycles. The van der Waals surface area contributed by atoms with Gasteiger partial charge < -0.3 is 4.74 Å². The van der Waals surface area contributed by atoms with E-state index in [1.165, 1.54) is 5.56 Å². The molecule has 1 aliphatic heterocycles. The second-order valence-corrected chi connectivity index (χ2v) is 2.72. The molecule has 0 spiro atoms. The number of rotatable bonds is 1. The van der Waals surface area contributed by atoms with Crippen LogP contribution in [0.2, 0.25) is 0 Å². The Kier molecular flexibility index (Phi) is 1.42. The fourth-order valence-electron chi connectivity index (χ4n) is 1.04. The molecule has 0 amide bonds. The number of epoxide rings is 1. The summed E-state index contributed by atoms with van der Waals surface area (Å²) < 4.78 is 5.18. The summed E-state index contributed by atoms with van der Waals surface area (Å²) in [6, 6.07) is 10.2. The van der Waals surface area contributed by atoms with Crippen LogP contribution in [0.25, 0.3) is 6.08 Å². The number of ether oxygens (including phenoxy) is 1. The van der Waals surface area contributed by atoms with E-state index in [0.717, 1.165) is 5.76 Å². The Morgan fingerprint density at radius 3 is 2.45 bits per heavy atom. The quantitative estimate of drug-likeness (QED) is 0.554. The molecule has 11 heavy (non-hydrogen) atoms. The molecule has 1 atom stereocenters. The van der Waals surface area contributed by atoms with Gasteiger partial charge in [-0.1, -0.05) is 30.3 Å². The summed E-state index contributed by atoms with van der Waals surface area (Å²) in [5.74, 6) is 1.09. The van der Waals surface area contributed by atoms with Gasteiger partial charge in [0.1, 0.15) is 5.76 Å². The van der Waals surface area contributed by atoms with E-state index in [0.29, 0.717) is 6.10 Å². The summed E-state index contributed by atoms with van der Waals surface area (Å²) in [5.41, 5.74) is 1.21. The SMILES string of the molecule is CC1OC1=Cc1ccccc1. The van der Waals surface area contributed by atoms with Gasteiger partial charge in [0, 0.05) is 0 Å². The highest BCUT2D eigenvalue weighted by atomic mass is 16.6. The van der Waals surface area contributed by atoms with Crippen molar-refractivity contribution >= 4 is 6.08 Å². The number of hydrogen-bond acceptors (Lipinski definition) is 1. The van der Waals surface area contributed by atoms with Crippen LogP contribution in [0.3, 0.4) is 0 Å². The van der Waals surface area contributed by atoms with Gasteiger partial charge in [0.2, 0.25) is 0 Å². The zero-order chi connectivity index (χ0) is 7.68. The van der Waals surface area contributed by atoms with Crippen molar-refractivity contribution in [3.05, 3.63) is 41.7 Å². The average Bonchev–Trinajstić information content (AvgIpc) is 2.69. The van der Waals surface area contributed by atoms with E-state index in [1.807, 2.05) is 18.2 Å². The third-order valence-electron chi connectivity index (χ3n) is 1.76. The molecule has 2 rings (SSSR count). The van der Waals surface area contributed by atoms with Crippen LogP contribution in [0.15, 0.2) is 36.1 Å². The van der Waals surface area contributed by atoms with Gasteiger partial charge >= 0.3 is 0 Å². The van der Waals surface area contributed by atoms with E-state index in [2.05, 4.69) is 25.1 Å². The molecule has 0 aromatic heterocycles. The summed E-state index contributed by atoms with van der Waals surface area (Å²) in [5, 5.41) is 0. The molecule has 0 N–H and O–H groups in total. The van der Waals surface area contributed by atoms with E-state index in [4.69, 9.17) is 4.74 Å². The second kappa shape index (κ2) is 2.42. The number of benzene rings is 1. The highest BCUT2D eigenvalue weighted by Crippen LogP contribution is 2.27. The molecule has 0 bridgehead atoms. The fraction of sp³-hybridized carbons (Fsp3) is 0.200. The smallest absolute Gasteiger partial charge is 0.152 e. The van der Waals surface area contributed by atoms with E-state index in [9.17, 15) is 0 Å². The van der Waals surface area contributed by atoms with Gasteiger partial charge in [-0.15, -0.1) is 0 Å². The predicted molar refractivity (Wildman–Crippen MR) is 45.0 cm³/mol. The summed E-state index contributed by atoms with van der Waals surface area (Å²) in [4.78, 5) is 0. The van der Waals surface area contributed by atoms with Crippen molar-refractivity contribution in [1.82, 2.24) is 0 Å². The van der Waals surface area contributed by atoms with Crippen LogP contribution in [0.5, 0.6) is 0 Å². The first-order chi connectivity index (χ1) is 5.36. The maximum Gasteiger partial charge on any atom is 0.152 e. The lowest BCUT2D eigenvalue weighted by molar-refractivity contribution is 0.446. The normalized spacial score (nSPS) is 24.8. The van der Waals surface area contributed by atoms with Crippen LogP contribution in [0.4, 0.5) is 0 Å². The fourth-order valence-corrected chi connectivity index (χ4v) is 1.04. The van der Waals surface area contributed by atoms with Gasteiger partial charge in [0.05, 0.1) is 0 Å². The first-order valence-corrected chi connectivity index (χ1v) is 3.79. The lowest BCUT2D eigenvalue weighted by Gasteiger charge is -1.86. The molecule has 1 aromatic rings. The molecule has 0 saturated carbocycles. The zero-order valence-corrected chi connectivity index (χ0v) is 6.45. The van der Waals surface area contributed by atoms with Gasteiger partial charge in [-0.2, -0.15) is 0 Å². The Hall–Kier alpha value is -1.24. The largest absolute Gasteiger partial charge is 0.483 e. The topological polar surface area (TPSA) is 12.5 Å². The maximum absolute atomic E-state index is 5.18. The Balaban J connectivity index is 2.20. The van der Waals surface area contributed by atoms with Crippen molar-refractivity contribution in [3.8, 4) is 0 Å². The summed E-state index contributed by atoms with van der Waals surface area (Å²) in [7, 11) is 0. The Bertz CT molecular complexity index is 274. The van der Waals surface area contributed by atoms with Crippen molar-refractivity contribution < 1.29 is 4.74 Å². The van der Waals surface area contributed by atoms with E-state index in [1.54, 1.807) is 0 Å². The molecule has 1 unspecified atom stereocenters. The molecule has 1 saturated heterocycles. The summed E-state index contributed by atoms with van der Waals surface area (Å²) >= 11 is 0. The van der Waals surface area contributed by atoms with Crippen molar-refractivity contribution in [2.75, 3.05) is 0 Å². The molecule has 1 aliphatic rings. The van der Waals surface area contributed by atoms with Crippen LogP contribution in [-0.2, 0) is 4.74 Å². The molecule has 1 heteroatoms. The zero-order valence-electron chi connectivity index (χ0n) is 6.45. The molecule has 1 heterocycles. The van der Waals surface area contributed by atoms with Gasteiger partial charge in [0.25, 0.3) is 0 Å². The van der Waals surface area contributed by atoms with E-state index in [-0.39, 0.29) is 0 Å². The van der Waals surface area contributed by atoms with Crippen LogP contribution < -0.4 is 0 Å². The third-order valence-corrected chi connectivity index (χ3v) is 1.76. The van der Waals surface area contributed by atoms with Gasteiger partial charge in [-0.05, 0) is 18.6 Å². The van der Waals surface area contributed by atoms with Gasteiger partial charge in [-0.3, -0.25) is 0 Å². The molecule has 1 nitrogen and oxygen atoms in total. The van der Waals surface area contributed by atoms with Gasteiger partial charge in [-0.25, -0.2) is 0 Å². The lowest BCUT2D eigenvalue weighted by Crippen LogP contribution is -1.69. The lowest BCUT2D eigenvalue weighted by atomic mass is 10.2. The number of hydrogen-bond donors (Lipinski definition) is 0. The molecule has 0 aliphatic carbocycles. The van der Waals surface area contributed by atoms with Crippen LogP contribution in [-0.4, -0.2) is 6.10 Å². The minimum atomic E-state index is 0.343. The summed E-state index contributed by atoms with van der Waals surface area (Å²) in [6.07, 6.45) is 2.42. The van der Waals surface area contributed by atoms with E-state index >= 15 is 0 Å². The standard InChI is InChI=1S/C10H10O/c1-8-10(11-8)7-9-5-3-2-4-6-9/h2-8H,1H3. The van der Waals surface area contributed by atoms with E-state index < -0.39 is 0 Å².